The molecule has 2 aromatic rings. The molecule has 0 saturated carbocycles. The van der Waals surface area contributed by atoms with Gasteiger partial charge in [0, 0.05) is 17.0 Å². The molecule has 1 amide bonds. The predicted octanol–water partition coefficient (Wildman–Crippen LogP) is 2.36. The molecule has 0 fully saturated rings. The Morgan fingerprint density at radius 2 is 1.67 bits per heavy atom. The topological polar surface area (TPSA) is 94.9 Å². The minimum absolute atomic E-state index is 0.162. The summed E-state index contributed by atoms with van der Waals surface area (Å²) in [5.74, 6) is 1.41. The van der Waals surface area contributed by atoms with Crippen LogP contribution in [-0.2, 0) is 4.79 Å². The Labute approximate surface area is 162 Å². The molecule has 27 heavy (non-hydrogen) atoms. The van der Waals surface area contributed by atoms with Crippen LogP contribution in [0.25, 0.3) is 0 Å². The normalized spacial score (nSPS) is 10.7. The third-order valence-electron chi connectivity index (χ3n) is 3.38. The number of carbonyl (C=O) groups is 1. The van der Waals surface area contributed by atoms with Crippen LogP contribution in [0.3, 0.4) is 0 Å². The van der Waals surface area contributed by atoms with Crippen molar-refractivity contribution >= 4 is 23.9 Å². The van der Waals surface area contributed by atoms with Gasteiger partial charge in [-0.1, -0.05) is 11.8 Å². The summed E-state index contributed by atoms with van der Waals surface area (Å²) in [5.41, 5.74) is 4.90. The molecule has 144 valence electrons. The number of carbonyl (C=O) groups excluding carboxylic acids is 1. The summed E-state index contributed by atoms with van der Waals surface area (Å²) < 4.78 is 15.8. The highest BCUT2D eigenvalue weighted by atomic mass is 32.2. The lowest BCUT2D eigenvalue weighted by atomic mass is 10.2. The molecule has 0 atom stereocenters. The van der Waals surface area contributed by atoms with E-state index in [-0.39, 0.29) is 11.7 Å². The monoisotopic (exact) mass is 390 g/mol. The first kappa shape index (κ1) is 20.5. The van der Waals surface area contributed by atoms with Gasteiger partial charge in [-0.2, -0.15) is 5.10 Å². The number of rotatable bonds is 8. The number of hydrazone groups is 1. The van der Waals surface area contributed by atoms with Crippen molar-refractivity contribution in [2.75, 3.05) is 27.1 Å². The predicted molar refractivity (Wildman–Crippen MR) is 104 cm³/mol. The lowest BCUT2D eigenvalue weighted by Gasteiger charge is -2.12. The van der Waals surface area contributed by atoms with Gasteiger partial charge in [0.15, 0.2) is 16.7 Å². The molecule has 8 nitrogen and oxygen atoms in total. The first-order chi connectivity index (χ1) is 13.0. The molecule has 0 saturated heterocycles. The van der Waals surface area contributed by atoms with Crippen molar-refractivity contribution in [3.63, 3.8) is 0 Å². The second kappa shape index (κ2) is 9.77. The van der Waals surface area contributed by atoms with E-state index < -0.39 is 0 Å². The molecule has 1 aromatic carbocycles. The van der Waals surface area contributed by atoms with Crippen LogP contribution in [0, 0.1) is 13.8 Å². The van der Waals surface area contributed by atoms with Crippen molar-refractivity contribution in [3.05, 3.63) is 35.2 Å². The number of nitrogens with zero attached hydrogens (tertiary/aromatic N) is 3. The van der Waals surface area contributed by atoms with Crippen LogP contribution in [0.5, 0.6) is 17.2 Å². The Bertz CT molecular complexity index is 797. The number of nitrogens with one attached hydrogen (secondary N) is 1. The third kappa shape index (κ3) is 5.85. The standard InChI is InChI=1S/C18H22N4O4S/c1-11-6-12(2)21-18(20-11)27-10-16(23)22-19-9-13-7-14(24-3)17(26-5)15(8-13)25-4/h6-9H,10H2,1-5H3,(H,22,23). The number of aryl methyl sites for hydroxylation is 2. The highest BCUT2D eigenvalue weighted by Crippen LogP contribution is 2.37. The highest BCUT2D eigenvalue weighted by Gasteiger charge is 2.12. The first-order valence-electron chi connectivity index (χ1n) is 8.03. The van der Waals surface area contributed by atoms with Crippen molar-refractivity contribution in [2.24, 2.45) is 5.10 Å². The van der Waals surface area contributed by atoms with E-state index in [1.807, 2.05) is 19.9 Å². The smallest absolute Gasteiger partial charge is 0.250 e. The SMILES string of the molecule is COc1cc(C=NNC(=O)CSc2nc(C)cc(C)n2)cc(OC)c1OC. The van der Waals surface area contributed by atoms with Crippen molar-refractivity contribution in [1.82, 2.24) is 15.4 Å². The molecule has 1 aromatic heterocycles. The fourth-order valence-corrected chi connectivity index (χ4v) is 3.02. The van der Waals surface area contributed by atoms with Crippen LogP contribution in [0.2, 0.25) is 0 Å². The van der Waals surface area contributed by atoms with Gasteiger partial charge in [0.05, 0.1) is 33.3 Å². The summed E-state index contributed by atoms with van der Waals surface area (Å²) in [6.07, 6.45) is 1.50. The molecular weight excluding hydrogens is 368 g/mol. The number of benzene rings is 1. The van der Waals surface area contributed by atoms with Gasteiger partial charge in [-0.15, -0.1) is 0 Å². The van der Waals surface area contributed by atoms with E-state index in [0.29, 0.717) is 28.0 Å². The van der Waals surface area contributed by atoms with E-state index in [0.717, 1.165) is 11.4 Å². The zero-order chi connectivity index (χ0) is 19.8. The molecule has 0 aliphatic heterocycles. The molecule has 0 radical (unpaired) electrons. The lowest BCUT2D eigenvalue weighted by Crippen LogP contribution is -2.19. The van der Waals surface area contributed by atoms with Gasteiger partial charge in [0.2, 0.25) is 5.75 Å². The number of aromatic nitrogens is 2. The average Bonchev–Trinajstić information content (AvgIpc) is 2.64. The second-order valence-corrected chi connectivity index (χ2v) is 6.42. The van der Waals surface area contributed by atoms with Gasteiger partial charge < -0.3 is 14.2 Å². The second-order valence-electron chi connectivity index (χ2n) is 5.47. The summed E-state index contributed by atoms with van der Waals surface area (Å²) in [6.45, 7) is 3.78. The summed E-state index contributed by atoms with van der Waals surface area (Å²) in [4.78, 5) is 20.5. The molecular formula is C18H22N4O4S. The number of hydrogen-bond donors (Lipinski definition) is 1. The average molecular weight is 390 g/mol. The molecule has 9 heteroatoms. The Hall–Kier alpha value is -2.81. The molecule has 0 spiro atoms. The van der Waals surface area contributed by atoms with Gasteiger partial charge in [0.1, 0.15) is 0 Å². The molecule has 2 rings (SSSR count). The maximum Gasteiger partial charge on any atom is 0.250 e. The largest absolute Gasteiger partial charge is 0.493 e. The Morgan fingerprint density at radius 3 is 2.19 bits per heavy atom. The van der Waals surface area contributed by atoms with E-state index in [1.165, 1.54) is 39.3 Å². The summed E-state index contributed by atoms with van der Waals surface area (Å²) in [7, 11) is 4.60. The fourth-order valence-electron chi connectivity index (χ4n) is 2.28. The minimum Gasteiger partial charge on any atom is -0.493 e. The van der Waals surface area contributed by atoms with Crippen molar-refractivity contribution in [1.29, 1.82) is 0 Å². The van der Waals surface area contributed by atoms with E-state index >= 15 is 0 Å². The molecule has 0 aliphatic carbocycles. The van der Waals surface area contributed by atoms with Gasteiger partial charge in [-0.05, 0) is 32.0 Å². The summed E-state index contributed by atoms with van der Waals surface area (Å²) in [5, 5.41) is 4.53. The zero-order valence-corrected chi connectivity index (χ0v) is 16.7. The number of thioether (sulfide) groups is 1. The van der Waals surface area contributed by atoms with Crippen LogP contribution in [-0.4, -0.2) is 49.2 Å². The number of methoxy groups -OCH3 is 3. The van der Waals surface area contributed by atoms with Gasteiger partial charge in [-0.3, -0.25) is 4.79 Å². The summed E-state index contributed by atoms with van der Waals surface area (Å²) in [6, 6.07) is 5.34. The first-order valence-corrected chi connectivity index (χ1v) is 9.02. The third-order valence-corrected chi connectivity index (χ3v) is 4.23. The van der Waals surface area contributed by atoms with Crippen LogP contribution in [0.4, 0.5) is 0 Å². The molecule has 1 heterocycles. The minimum atomic E-state index is -0.258. The van der Waals surface area contributed by atoms with Crippen molar-refractivity contribution in [2.45, 2.75) is 19.0 Å². The highest BCUT2D eigenvalue weighted by molar-refractivity contribution is 7.99. The molecule has 1 N–H and O–H groups in total. The van der Waals surface area contributed by atoms with Crippen LogP contribution >= 0.6 is 11.8 Å². The molecule has 0 aliphatic rings. The summed E-state index contributed by atoms with van der Waals surface area (Å²) >= 11 is 1.26. The zero-order valence-electron chi connectivity index (χ0n) is 15.9. The number of amides is 1. The van der Waals surface area contributed by atoms with Crippen LogP contribution in [0.15, 0.2) is 28.5 Å². The van der Waals surface area contributed by atoms with E-state index in [4.69, 9.17) is 14.2 Å². The Morgan fingerprint density at radius 1 is 1.07 bits per heavy atom. The van der Waals surface area contributed by atoms with Crippen molar-refractivity contribution in [3.8, 4) is 17.2 Å². The van der Waals surface area contributed by atoms with E-state index in [9.17, 15) is 4.79 Å². The Balaban J connectivity index is 1.97. The fraction of sp³-hybridized carbons (Fsp3) is 0.333. The van der Waals surface area contributed by atoms with Crippen LogP contribution < -0.4 is 19.6 Å². The molecule has 0 bridgehead atoms. The number of ether oxygens (including phenoxy) is 3. The maximum atomic E-state index is 12.0. The quantitative estimate of drug-likeness (QED) is 0.320. The number of hydrogen-bond acceptors (Lipinski definition) is 8. The van der Waals surface area contributed by atoms with E-state index in [1.54, 1.807) is 12.1 Å². The van der Waals surface area contributed by atoms with Crippen molar-refractivity contribution < 1.29 is 19.0 Å². The Kier molecular flexibility index (Phi) is 7.42. The van der Waals surface area contributed by atoms with E-state index in [2.05, 4.69) is 20.5 Å². The lowest BCUT2D eigenvalue weighted by molar-refractivity contribution is -0.118. The molecule has 0 unspecified atom stereocenters. The maximum absolute atomic E-state index is 12.0. The van der Waals surface area contributed by atoms with Gasteiger partial charge in [0.25, 0.3) is 5.91 Å². The van der Waals surface area contributed by atoms with Gasteiger partial charge in [-0.25, -0.2) is 15.4 Å². The van der Waals surface area contributed by atoms with Gasteiger partial charge >= 0.3 is 0 Å². The van der Waals surface area contributed by atoms with Crippen LogP contribution in [0.1, 0.15) is 17.0 Å².